The molecular weight excluding hydrogens is 204 g/mol. The largest absolute Gasteiger partial charge is 0.484 e. The maximum Gasteiger partial charge on any atom is 0.159 e. The van der Waals surface area contributed by atoms with E-state index in [1.54, 1.807) is 0 Å². The lowest BCUT2D eigenvalue weighted by Crippen LogP contribution is -2.15. The second kappa shape index (κ2) is 10.4. The minimum absolute atomic E-state index is 0.360. The Morgan fingerprint density at radius 2 is 1.73 bits per heavy atom. The molecule has 0 saturated carbocycles. The van der Waals surface area contributed by atoms with E-state index in [1.165, 1.54) is 38.5 Å². The number of rotatable bonds is 9. The Hall–Kier alpha value is -0.110. The molecule has 0 bridgehead atoms. The second-order valence-electron chi connectivity index (χ2n) is 4.08. The fraction of sp³-hybridized carbons (Fsp3) is 0.923. The van der Waals surface area contributed by atoms with Gasteiger partial charge in [0.2, 0.25) is 0 Å². The monoisotopic (exact) mass is 230 g/mol. The van der Waals surface area contributed by atoms with E-state index in [0.29, 0.717) is 6.10 Å². The minimum Gasteiger partial charge on any atom is -0.484 e. The highest BCUT2D eigenvalue weighted by Crippen LogP contribution is 2.12. The van der Waals surface area contributed by atoms with E-state index in [9.17, 15) is 0 Å². The molecule has 0 aliphatic heterocycles. The summed E-state index contributed by atoms with van der Waals surface area (Å²) in [6.07, 6.45) is 10.1. The summed E-state index contributed by atoms with van der Waals surface area (Å²) < 4.78 is 5.69. The number of unbranched alkanes of at least 4 members (excludes halogenated alkanes) is 4. The van der Waals surface area contributed by atoms with Crippen molar-refractivity contribution in [3.63, 3.8) is 0 Å². The lowest BCUT2D eigenvalue weighted by atomic mass is 10.1. The summed E-state index contributed by atoms with van der Waals surface area (Å²) in [4.78, 5) is 0. The van der Waals surface area contributed by atoms with Crippen LogP contribution in [0.1, 0.15) is 72.1 Å². The summed E-state index contributed by atoms with van der Waals surface area (Å²) in [6, 6.07) is 0. The molecule has 1 nitrogen and oxygen atoms in total. The van der Waals surface area contributed by atoms with Crippen LogP contribution < -0.4 is 0 Å². The van der Waals surface area contributed by atoms with E-state index < -0.39 is 0 Å². The van der Waals surface area contributed by atoms with Gasteiger partial charge in [-0.05, 0) is 31.5 Å². The van der Waals surface area contributed by atoms with Gasteiger partial charge in [-0.15, -0.1) is 0 Å². The molecule has 0 saturated heterocycles. The number of thiocarbonyl (C=S) groups is 1. The minimum atomic E-state index is 0.360. The molecule has 0 aromatic heterocycles. The van der Waals surface area contributed by atoms with Crippen molar-refractivity contribution in [2.24, 2.45) is 0 Å². The van der Waals surface area contributed by atoms with Crippen LogP contribution in [0.4, 0.5) is 0 Å². The van der Waals surface area contributed by atoms with Crippen LogP contribution in [0.15, 0.2) is 0 Å². The van der Waals surface area contributed by atoms with Gasteiger partial charge in [0.25, 0.3) is 0 Å². The lowest BCUT2D eigenvalue weighted by molar-refractivity contribution is 0.171. The molecule has 90 valence electrons. The molecule has 0 rings (SSSR count). The Bertz CT molecular complexity index is 157. The molecule has 0 aliphatic rings. The van der Waals surface area contributed by atoms with Crippen LogP contribution in [0, 0.1) is 0 Å². The Labute approximate surface area is 101 Å². The Morgan fingerprint density at radius 3 is 2.27 bits per heavy atom. The van der Waals surface area contributed by atoms with Gasteiger partial charge in [-0.1, -0.05) is 46.5 Å². The molecule has 1 unspecified atom stereocenters. The van der Waals surface area contributed by atoms with Crippen molar-refractivity contribution in [3.8, 4) is 0 Å². The van der Waals surface area contributed by atoms with Crippen LogP contribution in [0.25, 0.3) is 0 Å². The van der Waals surface area contributed by atoms with Crippen LogP contribution in [0.5, 0.6) is 0 Å². The van der Waals surface area contributed by atoms with Gasteiger partial charge in [0.05, 0.1) is 6.10 Å². The van der Waals surface area contributed by atoms with Crippen molar-refractivity contribution < 1.29 is 4.74 Å². The van der Waals surface area contributed by atoms with Crippen molar-refractivity contribution in [1.82, 2.24) is 0 Å². The highest BCUT2D eigenvalue weighted by Gasteiger charge is 2.08. The van der Waals surface area contributed by atoms with Crippen LogP contribution in [-0.2, 0) is 4.74 Å². The van der Waals surface area contributed by atoms with Gasteiger partial charge in [-0.2, -0.15) is 0 Å². The fourth-order valence-electron chi connectivity index (χ4n) is 1.59. The molecular formula is C13H26OS. The quantitative estimate of drug-likeness (QED) is 0.412. The summed E-state index contributed by atoms with van der Waals surface area (Å²) in [7, 11) is 0. The van der Waals surface area contributed by atoms with Gasteiger partial charge < -0.3 is 4.74 Å². The Kier molecular flexibility index (Phi) is 10.3. The second-order valence-corrected chi connectivity index (χ2v) is 4.53. The molecule has 0 aromatic carbocycles. The summed E-state index contributed by atoms with van der Waals surface area (Å²) >= 11 is 5.10. The highest BCUT2D eigenvalue weighted by molar-refractivity contribution is 7.80. The topological polar surface area (TPSA) is 9.23 Å². The zero-order valence-corrected chi connectivity index (χ0v) is 11.4. The molecule has 0 N–H and O–H groups in total. The van der Waals surface area contributed by atoms with Crippen molar-refractivity contribution in [3.05, 3.63) is 0 Å². The lowest BCUT2D eigenvalue weighted by Gasteiger charge is -2.17. The van der Waals surface area contributed by atoms with Crippen molar-refractivity contribution in [2.75, 3.05) is 0 Å². The molecule has 2 heteroatoms. The molecule has 0 aromatic rings. The summed E-state index contributed by atoms with van der Waals surface area (Å²) in [5.74, 6) is 0. The Morgan fingerprint density at radius 1 is 1.07 bits per heavy atom. The molecule has 0 heterocycles. The van der Waals surface area contributed by atoms with Gasteiger partial charge in [0.1, 0.15) is 0 Å². The van der Waals surface area contributed by atoms with E-state index >= 15 is 0 Å². The van der Waals surface area contributed by atoms with E-state index in [2.05, 4.69) is 20.8 Å². The van der Waals surface area contributed by atoms with Crippen molar-refractivity contribution >= 4 is 17.3 Å². The molecule has 0 radical (unpaired) electrons. The summed E-state index contributed by atoms with van der Waals surface area (Å²) in [6.45, 7) is 6.48. The summed E-state index contributed by atoms with van der Waals surface area (Å²) in [5.41, 5.74) is 0. The van der Waals surface area contributed by atoms with Gasteiger partial charge >= 0.3 is 0 Å². The third-order valence-electron chi connectivity index (χ3n) is 2.67. The molecule has 0 spiro atoms. The van der Waals surface area contributed by atoms with Gasteiger partial charge in [-0.3, -0.25) is 0 Å². The zero-order valence-electron chi connectivity index (χ0n) is 10.6. The Balaban J connectivity index is 3.48. The van der Waals surface area contributed by atoms with Crippen LogP contribution in [0.3, 0.4) is 0 Å². The first-order valence-corrected chi connectivity index (χ1v) is 6.84. The van der Waals surface area contributed by atoms with Gasteiger partial charge in [0, 0.05) is 6.42 Å². The molecule has 0 amide bonds. The maximum atomic E-state index is 5.69. The van der Waals surface area contributed by atoms with E-state index in [4.69, 9.17) is 17.0 Å². The predicted molar refractivity (Wildman–Crippen MR) is 71.4 cm³/mol. The van der Waals surface area contributed by atoms with E-state index in [0.717, 1.165) is 17.9 Å². The third kappa shape index (κ3) is 8.86. The molecule has 0 aliphatic carbocycles. The molecule has 0 fully saturated rings. The van der Waals surface area contributed by atoms with Gasteiger partial charge in [-0.25, -0.2) is 0 Å². The van der Waals surface area contributed by atoms with E-state index in [1.807, 2.05) is 0 Å². The van der Waals surface area contributed by atoms with Gasteiger partial charge in [0.15, 0.2) is 5.05 Å². The van der Waals surface area contributed by atoms with E-state index in [-0.39, 0.29) is 0 Å². The zero-order chi connectivity index (χ0) is 11.5. The number of ether oxygens (including phenoxy) is 1. The number of hydrogen-bond donors (Lipinski definition) is 0. The highest BCUT2D eigenvalue weighted by atomic mass is 32.1. The first-order valence-electron chi connectivity index (χ1n) is 6.44. The fourth-order valence-corrected chi connectivity index (χ4v) is 1.73. The summed E-state index contributed by atoms with van der Waals surface area (Å²) in [5, 5.41) is 0.774. The van der Waals surface area contributed by atoms with Crippen LogP contribution in [-0.4, -0.2) is 11.2 Å². The maximum absolute atomic E-state index is 5.69. The number of hydrogen-bond acceptors (Lipinski definition) is 2. The molecule has 1 atom stereocenters. The normalized spacial score (nSPS) is 12.5. The standard InChI is InChI=1S/C13H26OS/c1-4-7-8-9-10-11-12(5-2)14-13(15)6-3/h12H,4-11H2,1-3H3. The third-order valence-corrected chi connectivity index (χ3v) is 3.06. The first kappa shape index (κ1) is 14.9. The van der Waals surface area contributed by atoms with Crippen LogP contribution >= 0.6 is 12.2 Å². The van der Waals surface area contributed by atoms with Crippen molar-refractivity contribution in [2.45, 2.75) is 78.2 Å². The average molecular weight is 230 g/mol. The predicted octanol–water partition coefficient (Wildman–Crippen LogP) is 4.88. The average Bonchev–Trinajstić information content (AvgIpc) is 2.26. The molecule has 15 heavy (non-hydrogen) atoms. The van der Waals surface area contributed by atoms with Crippen molar-refractivity contribution in [1.29, 1.82) is 0 Å². The smallest absolute Gasteiger partial charge is 0.159 e. The SMILES string of the molecule is CCCCCCCC(CC)OC(=S)CC. The van der Waals surface area contributed by atoms with Crippen LogP contribution in [0.2, 0.25) is 0 Å². The first-order chi connectivity index (χ1) is 7.24.